The molecule has 1 aliphatic rings. The molecule has 5 heteroatoms. The van der Waals surface area contributed by atoms with Crippen LogP contribution in [0.4, 0.5) is 0 Å². The minimum absolute atomic E-state index is 0.0522. The maximum atomic E-state index is 12.9. The van der Waals surface area contributed by atoms with E-state index < -0.39 is 0 Å². The molecule has 0 spiro atoms. The van der Waals surface area contributed by atoms with Crippen molar-refractivity contribution in [3.05, 3.63) is 93.6 Å². The summed E-state index contributed by atoms with van der Waals surface area (Å²) < 4.78 is 5.70. The van der Waals surface area contributed by atoms with Crippen molar-refractivity contribution in [1.29, 1.82) is 0 Å². The predicted molar refractivity (Wildman–Crippen MR) is 113 cm³/mol. The van der Waals surface area contributed by atoms with Gasteiger partial charge in [0, 0.05) is 48.9 Å². The molecule has 0 atom stereocenters. The van der Waals surface area contributed by atoms with Crippen molar-refractivity contribution in [2.45, 2.75) is 26.4 Å². The Balaban J connectivity index is 1.38. The van der Waals surface area contributed by atoms with E-state index >= 15 is 0 Å². The molecule has 0 unspecified atom stereocenters. The molecule has 2 aromatic heterocycles. The fraction of sp³-hybridized carbons (Fsp3) is 0.208. The van der Waals surface area contributed by atoms with Gasteiger partial charge in [0.05, 0.1) is 17.3 Å². The first-order chi connectivity index (χ1) is 14.2. The van der Waals surface area contributed by atoms with Crippen molar-refractivity contribution in [3.63, 3.8) is 0 Å². The lowest BCUT2D eigenvalue weighted by atomic mass is 10.1. The van der Waals surface area contributed by atoms with E-state index in [1.54, 1.807) is 6.26 Å². The normalized spacial score (nSPS) is 14.1. The van der Waals surface area contributed by atoms with Gasteiger partial charge in [0.25, 0.3) is 0 Å². The molecule has 2 aromatic carbocycles. The SMILES string of the molecule is Cc1ccc2occ(CN3CCc4nc(-c5ccccc5)ncc4C3)c(=O)c2c1. The molecule has 4 aromatic rings. The summed E-state index contributed by atoms with van der Waals surface area (Å²) in [5, 5.41) is 0.649. The van der Waals surface area contributed by atoms with Crippen LogP contribution in [-0.4, -0.2) is 21.4 Å². The van der Waals surface area contributed by atoms with Gasteiger partial charge in [-0.15, -0.1) is 0 Å². The Morgan fingerprint density at radius 2 is 2.00 bits per heavy atom. The van der Waals surface area contributed by atoms with Gasteiger partial charge in [-0.1, -0.05) is 42.0 Å². The highest BCUT2D eigenvalue weighted by Crippen LogP contribution is 2.22. The minimum atomic E-state index is 0.0522. The Morgan fingerprint density at radius 3 is 2.86 bits per heavy atom. The Labute approximate surface area is 168 Å². The molecule has 29 heavy (non-hydrogen) atoms. The molecule has 0 saturated heterocycles. The fourth-order valence-electron chi connectivity index (χ4n) is 3.87. The first kappa shape index (κ1) is 17.8. The van der Waals surface area contributed by atoms with Gasteiger partial charge in [-0.25, -0.2) is 9.97 Å². The third-order valence-corrected chi connectivity index (χ3v) is 5.44. The third kappa shape index (κ3) is 3.45. The number of aryl methyl sites for hydroxylation is 1. The van der Waals surface area contributed by atoms with Gasteiger partial charge in [0.15, 0.2) is 11.3 Å². The number of aromatic nitrogens is 2. The topological polar surface area (TPSA) is 59.2 Å². The van der Waals surface area contributed by atoms with Crippen LogP contribution in [0.3, 0.4) is 0 Å². The molecule has 3 heterocycles. The lowest BCUT2D eigenvalue weighted by Crippen LogP contribution is -2.32. The van der Waals surface area contributed by atoms with E-state index in [0.29, 0.717) is 23.1 Å². The minimum Gasteiger partial charge on any atom is -0.464 e. The summed E-state index contributed by atoms with van der Waals surface area (Å²) in [6, 6.07) is 15.7. The number of nitrogens with zero attached hydrogens (tertiary/aromatic N) is 3. The van der Waals surface area contributed by atoms with Crippen molar-refractivity contribution in [2.24, 2.45) is 0 Å². The maximum Gasteiger partial charge on any atom is 0.197 e. The van der Waals surface area contributed by atoms with Crippen LogP contribution in [0, 0.1) is 6.92 Å². The van der Waals surface area contributed by atoms with Gasteiger partial charge < -0.3 is 4.42 Å². The molecular formula is C24H21N3O2. The Hall–Kier alpha value is -3.31. The van der Waals surface area contributed by atoms with E-state index in [4.69, 9.17) is 9.40 Å². The zero-order valence-corrected chi connectivity index (χ0v) is 16.3. The zero-order valence-electron chi connectivity index (χ0n) is 16.3. The number of rotatable bonds is 3. The van der Waals surface area contributed by atoms with Gasteiger partial charge in [-0.05, 0) is 19.1 Å². The largest absolute Gasteiger partial charge is 0.464 e. The van der Waals surface area contributed by atoms with E-state index in [1.165, 1.54) is 0 Å². The molecule has 5 rings (SSSR count). The first-order valence-electron chi connectivity index (χ1n) is 9.81. The molecule has 0 saturated carbocycles. The van der Waals surface area contributed by atoms with E-state index in [2.05, 4.69) is 9.88 Å². The molecule has 0 bridgehead atoms. The number of hydrogen-bond donors (Lipinski definition) is 0. The van der Waals surface area contributed by atoms with Gasteiger partial charge in [-0.3, -0.25) is 9.69 Å². The second-order valence-electron chi connectivity index (χ2n) is 7.58. The van der Waals surface area contributed by atoms with E-state index in [1.807, 2.05) is 61.7 Å². The van der Waals surface area contributed by atoms with Crippen LogP contribution in [0.15, 0.2) is 70.2 Å². The van der Waals surface area contributed by atoms with E-state index in [-0.39, 0.29) is 5.43 Å². The lowest BCUT2D eigenvalue weighted by Gasteiger charge is -2.27. The summed E-state index contributed by atoms with van der Waals surface area (Å²) in [5.41, 5.74) is 5.68. The number of hydrogen-bond acceptors (Lipinski definition) is 5. The van der Waals surface area contributed by atoms with Crippen LogP contribution in [0.2, 0.25) is 0 Å². The molecule has 0 amide bonds. The van der Waals surface area contributed by atoms with E-state index in [9.17, 15) is 4.79 Å². The Morgan fingerprint density at radius 1 is 1.14 bits per heavy atom. The summed E-state index contributed by atoms with van der Waals surface area (Å²) >= 11 is 0. The van der Waals surface area contributed by atoms with Crippen LogP contribution >= 0.6 is 0 Å². The molecule has 0 fully saturated rings. The summed E-state index contributed by atoms with van der Waals surface area (Å²) in [6.45, 7) is 4.13. The van der Waals surface area contributed by atoms with Crippen molar-refractivity contribution in [3.8, 4) is 11.4 Å². The van der Waals surface area contributed by atoms with Gasteiger partial charge >= 0.3 is 0 Å². The highest BCUT2D eigenvalue weighted by atomic mass is 16.3. The van der Waals surface area contributed by atoms with Crippen molar-refractivity contribution >= 4 is 11.0 Å². The molecule has 0 aliphatic carbocycles. The maximum absolute atomic E-state index is 12.9. The lowest BCUT2D eigenvalue weighted by molar-refractivity contribution is 0.240. The Kier molecular flexibility index (Phi) is 4.45. The average molecular weight is 383 g/mol. The van der Waals surface area contributed by atoms with Crippen molar-refractivity contribution in [2.75, 3.05) is 6.54 Å². The summed E-state index contributed by atoms with van der Waals surface area (Å²) in [6.07, 6.45) is 4.36. The summed E-state index contributed by atoms with van der Waals surface area (Å²) in [7, 11) is 0. The summed E-state index contributed by atoms with van der Waals surface area (Å²) in [5.74, 6) is 0.767. The second kappa shape index (κ2) is 7.26. The average Bonchev–Trinajstić information content (AvgIpc) is 2.76. The molecule has 5 nitrogen and oxygen atoms in total. The second-order valence-corrected chi connectivity index (χ2v) is 7.58. The van der Waals surface area contributed by atoms with Gasteiger partial charge in [0.2, 0.25) is 0 Å². The molecule has 144 valence electrons. The van der Waals surface area contributed by atoms with Gasteiger partial charge in [0.1, 0.15) is 5.58 Å². The summed E-state index contributed by atoms with van der Waals surface area (Å²) in [4.78, 5) is 24.5. The molecule has 1 aliphatic heterocycles. The monoisotopic (exact) mass is 383 g/mol. The number of fused-ring (bicyclic) bond motifs is 2. The van der Waals surface area contributed by atoms with Crippen molar-refractivity contribution in [1.82, 2.24) is 14.9 Å². The van der Waals surface area contributed by atoms with Crippen LogP contribution < -0.4 is 5.43 Å². The third-order valence-electron chi connectivity index (χ3n) is 5.44. The van der Waals surface area contributed by atoms with Gasteiger partial charge in [-0.2, -0.15) is 0 Å². The highest BCUT2D eigenvalue weighted by Gasteiger charge is 2.20. The fourth-order valence-corrected chi connectivity index (χ4v) is 3.87. The molecular weight excluding hydrogens is 362 g/mol. The quantitative estimate of drug-likeness (QED) is 0.533. The molecule has 0 N–H and O–H groups in total. The van der Waals surface area contributed by atoms with Crippen LogP contribution in [0.25, 0.3) is 22.4 Å². The zero-order chi connectivity index (χ0) is 19.8. The first-order valence-corrected chi connectivity index (χ1v) is 9.81. The van der Waals surface area contributed by atoms with Crippen molar-refractivity contribution < 1.29 is 4.42 Å². The smallest absolute Gasteiger partial charge is 0.197 e. The van der Waals surface area contributed by atoms with Crippen LogP contribution in [0.1, 0.15) is 22.4 Å². The number of benzene rings is 2. The van der Waals surface area contributed by atoms with E-state index in [0.717, 1.165) is 47.7 Å². The predicted octanol–water partition coefficient (Wildman–Crippen LogP) is 4.12. The van der Waals surface area contributed by atoms with Crippen LogP contribution in [0.5, 0.6) is 0 Å². The standard InChI is InChI=1S/C24H21N3O2/c1-16-7-8-22-20(11-16)23(28)19(15-29-22)14-27-10-9-21-18(13-27)12-25-24(26-21)17-5-3-2-4-6-17/h2-8,11-12,15H,9-10,13-14H2,1H3. The highest BCUT2D eigenvalue weighted by molar-refractivity contribution is 5.77. The molecule has 0 radical (unpaired) electrons. The van der Waals surface area contributed by atoms with Crippen LogP contribution in [-0.2, 0) is 19.5 Å². The Bertz CT molecular complexity index is 1250.